The lowest BCUT2D eigenvalue weighted by molar-refractivity contribution is -0.133. The number of nitrogens with two attached hydrogens (primary N) is 1. The summed E-state index contributed by atoms with van der Waals surface area (Å²) in [5, 5.41) is 0.636. The molecule has 1 fully saturated rings. The summed E-state index contributed by atoms with van der Waals surface area (Å²) in [6.45, 7) is 1.54. The lowest BCUT2D eigenvalue weighted by Gasteiger charge is -2.20. The molecular weight excluding hydrogens is 299 g/mol. The Morgan fingerprint density at radius 1 is 1.15 bits per heavy atom. The Labute approximate surface area is 128 Å². The highest BCUT2D eigenvalue weighted by atomic mass is 35.5. The molecule has 1 aromatic carbocycles. The van der Waals surface area contributed by atoms with Crippen LogP contribution in [-0.2, 0) is 4.79 Å². The predicted molar refractivity (Wildman–Crippen MR) is 81.4 cm³/mol. The van der Waals surface area contributed by atoms with Crippen molar-refractivity contribution in [1.82, 2.24) is 4.90 Å². The van der Waals surface area contributed by atoms with Crippen LogP contribution < -0.4 is 10.5 Å². The van der Waals surface area contributed by atoms with Gasteiger partial charge in [0.2, 0.25) is 0 Å². The topological polar surface area (TPSA) is 55.6 Å². The van der Waals surface area contributed by atoms with Gasteiger partial charge in [-0.1, -0.05) is 36.0 Å². The van der Waals surface area contributed by atoms with Gasteiger partial charge in [-0.15, -0.1) is 0 Å². The van der Waals surface area contributed by atoms with E-state index in [9.17, 15) is 4.79 Å². The normalized spacial score (nSPS) is 15.8. The van der Waals surface area contributed by atoms with Crippen molar-refractivity contribution < 1.29 is 9.53 Å². The second-order valence-electron chi connectivity index (χ2n) is 4.90. The third-order valence-electron chi connectivity index (χ3n) is 3.32. The zero-order chi connectivity index (χ0) is 14.5. The van der Waals surface area contributed by atoms with Gasteiger partial charge in [0.1, 0.15) is 0 Å². The molecule has 0 bridgehead atoms. The van der Waals surface area contributed by atoms with Crippen LogP contribution in [0.2, 0.25) is 10.0 Å². The summed E-state index contributed by atoms with van der Waals surface area (Å²) >= 11 is 12.0. The number of amides is 1. The van der Waals surface area contributed by atoms with E-state index in [1.54, 1.807) is 12.1 Å². The highest BCUT2D eigenvalue weighted by Crippen LogP contribution is 2.35. The van der Waals surface area contributed by atoms with Crippen molar-refractivity contribution in [2.45, 2.75) is 25.7 Å². The average Bonchev–Trinajstić information content (AvgIpc) is 2.66. The smallest absolute Gasteiger partial charge is 0.260 e. The van der Waals surface area contributed by atoms with Gasteiger partial charge in [0.15, 0.2) is 12.4 Å². The van der Waals surface area contributed by atoms with Crippen LogP contribution in [0.1, 0.15) is 25.7 Å². The van der Waals surface area contributed by atoms with E-state index >= 15 is 0 Å². The number of rotatable bonds is 3. The number of anilines is 1. The van der Waals surface area contributed by atoms with E-state index < -0.39 is 0 Å². The Hall–Kier alpha value is -1.13. The fourth-order valence-electron chi connectivity index (χ4n) is 2.26. The molecule has 110 valence electrons. The van der Waals surface area contributed by atoms with E-state index in [2.05, 4.69) is 0 Å². The highest BCUT2D eigenvalue weighted by molar-refractivity contribution is 6.37. The van der Waals surface area contributed by atoms with E-state index in [0.717, 1.165) is 25.9 Å². The van der Waals surface area contributed by atoms with Gasteiger partial charge in [0.25, 0.3) is 5.91 Å². The van der Waals surface area contributed by atoms with Gasteiger partial charge in [-0.2, -0.15) is 0 Å². The van der Waals surface area contributed by atoms with Gasteiger partial charge >= 0.3 is 0 Å². The number of hydrogen-bond acceptors (Lipinski definition) is 3. The molecule has 1 saturated heterocycles. The summed E-state index contributed by atoms with van der Waals surface area (Å²) in [6, 6.07) is 3.11. The van der Waals surface area contributed by atoms with Crippen molar-refractivity contribution in [2.24, 2.45) is 0 Å². The highest BCUT2D eigenvalue weighted by Gasteiger charge is 2.17. The summed E-state index contributed by atoms with van der Waals surface area (Å²) in [4.78, 5) is 13.9. The number of halogens is 2. The van der Waals surface area contributed by atoms with Crippen molar-refractivity contribution in [3.8, 4) is 5.75 Å². The fraction of sp³-hybridized carbons (Fsp3) is 0.500. The van der Waals surface area contributed by atoms with Gasteiger partial charge in [-0.3, -0.25) is 4.79 Å². The Bertz CT molecular complexity index is 463. The number of nitrogen functional groups attached to an aromatic ring is 1. The van der Waals surface area contributed by atoms with E-state index in [0.29, 0.717) is 21.5 Å². The number of benzene rings is 1. The van der Waals surface area contributed by atoms with Gasteiger partial charge in [0.05, 0.1) is 10.0 Å². The molecular formula is C14H18Cl2N2O2. The summed E-state index contributed by atoms with van der Waals surface area (Å²) in [7, 11) is 0. The molecule has 0 spiro atoms. The Kier molecular flexibility index (Phi) is 5.38. The van der Waals surface area contributed by atoms with Crippen molar-refractivity contribution >= 4 is 34.8 Å². The molecule has 0 radical (unpaired) electrons. The number of carbonyl (C=O) groups excluding carboxylic acids is 1. The Morgan fingerprint density at radius 3 is 2.25 bits per heavy atom. The summed E-state index contributed by atoms with van der Waals surface area (Å²) in [5.41, 5.74) is 6.08. The lowest BCUT2D eigenvalue weighted by atomic mass is 10.2. The van der Waals surface area contributed by atoms with Gasteiger partial charge in [-0.05, 0) is 25.0 Å². The first kappa shape index (κ1) is 15.3. The maximum absolute atomic E-state index is 12.1. The zero-order valence-corrected chi connectivity index (χ0v) is 12.7. The predicted octanol–water partition coefficient (Wildman–Crippen LogP) is 3.36. The number of hydrogen-bond donors (Lipinski definition) is 1. The van der Waals surface area contributed by atoms with Crippen LogP contribution in [0.4, 0.5) is 5.69 Å². The van der Waals surface area contributed by atoms with Crippen LogP contribution in [0, 0.1) is 0 Å². The minimum Gasteiger partial charge on any atom is -0.481 e. The molecule has 4 nitrogen and oxygen atoms in total. The summed E-state index contributed by atoms with van der Waals surface area (Å²) in [6.07, 6.45) is 4.46. The van der Waals surface area contributed by atoms with Crippen molar-refractivity contribution in [3.63, 3.8) is 0 Å². The molecule has 1 heterocycles. The first-order valence-corrected chi connectivity index (χ1v) is 7.48. The molecule has 20 heavy (non-hydrogen) atoms. The second kappa shape index (κ2) is 7.04. The van der Waals surface area contributed by atoms with E-state index in [-0.39, 0.29) is 12.5 Å². The molecule has 0 aliphatic carbocycles. The molecule has 1 aliphatic heterocycles. The first-order valence-electron chi connectivity index (χ1n) is 6.73. The van der Waals surface area contributed by atoms with Crippen LogP contribution >= 0.6 is 23.2 Å². The minimum atomic E-state index is -0.0522. The van der Waals surface area contributed by atoms with Crippen molar-refractivity contribution in [2.75, 3.05) is 25.4 Å². The summed E-state index contributed by atoms with van der Waals surface area (Å²) in [5.74, 6) is 0.279. The molecule has 6 heteroatoms. The van der Waals surface area contributed by atoms with Crippen molar-refractivity contribution in [1.29, 1.82) is 0 Å². The molecule has 2 rings (SSSR count). The number of likely N-dealkylation sites (tertiary alicyclic amines) is 1. The molecule has 0 aromatic heterocycles. The van der Waals surface area contributed by atoms with Crippen LogP contribution in [0.3, 0.4) is 0 Å². The molecule has 1 amide bonds. The Balaban J connectivity index is 1.96. The monoisotopic (exact) mass is 316 g/mol. The number of ether oxygens (including phenoxy) is 1. The fourth-order valence-corrected chi connectivity index (χ4v) is 2.88. The van der Waals surface area contributed by atoms with Crippen LogP contribution in [-0.4, -0.2) is 30.5 Å². The number of carbonyl (C=O) groups is 1. The molecule has 0 saturated carbocycles. The molecule has 0 atom stereocenters. The standard InChI is InChI=1S/C14H18Cl2N2O2/c15-11-7-10(17)8-12(16)14(11)20-9-13(19)18-5-3-1-2-4-6-18/h7-8H,1-6,9,17H2. The van der Waals surface area contributed by atoms with Crippen molar-refractivity contribution in [3.05, 3.63) is 22.2 Å². The van der Waals surface area contributed by atoms with E-state index in [1.165, 1.54) is 12.8 Å². The SMILES string of the molecule is Nc1cc(Cl)c(OCC(=O)N2CCCCCC2)c(Cl)c1. The van der Waals surface area contributed by atoms with E-state index in [4.69, 9.17) is 33.7 Å². The second-order valence-corrected chi connectivity index (χ2v) is 5.71. The first-order chi connectivity index (χ1) is 9.58. The largest absolute Gasteiger partial charge is 0.481 e. The average molecular weight is 317 g/mol. The van der Waals surface area contributed by atoms with E-state index in [1.807, 2.05) is 4.90 Å². The van der Waals surface area contributed by atoms with Gasteiger partial charge in [0, 0.05) is 18.8 Å². The zero-order valence-electron chi connectivity index (χ0n) is 11.2. The third-order valence-corrected chi connectivity index (χ3v) is 3.88. The quantitative estimate of drug-likeness (QED) is 0.870. The maximum atomic E-state index is 12.1. The molecule has 1 aliphatic rings. The molecule has 1 aromatic rings. The Morgan fingerprint density at radius 2 is 1.70 bits per heavy atom. The van der Waals surface area contributed by atoms with Crippen LogP contribution in [0.25, 0.3) is 0 Å². The minimum absolute atomic E-state index is 0.0316. The van der Waals surface area contributed by atoms with Crippen LogP contribution in [0.15, 0.2) is 12.1 Å². The third kappa shape index (κ3) is 3.93. The molecule has 0 unspecified atom stereocenters. The molecule has 2 N–H and O–H groups in total. The van der Waals surface area contributed by atoms with Gasteiger partial charge < -0.3 is 15.4 Å². The van der Waals surface area contributed by atoms with Crippen LogP contribution in [0.5, 0.6) is 5.75 Å². The van der Waals surface area contributed by atoms with Gasteiger partial charge in [-0.25, -0.2) is 0 Å². The lowest BCUT2D eigenvalue weighted by Crippen LogP contribution is -2.35. The maximum Gasteiger partial charge on any atom is 0.260 e. The summed E-state index contributed by atoms with van der Waals surface area (Å²) < 4.78 is 5.47. The number of nitrogens with zero attached hydrogens (tertiary/aromatic N) is 1.